The Balaban J connectivity index is 2.34. The first-order valence-corrected chi connectivity index (χ1v) is 6.48. The number of nitrogens with two attached hydrogens (primary N) is 1. The van der Waals surface area contributed by atoms with Gasteiger partial charge in [-0.25, -0.2) is 4.39 Å². The Kier molecular flexibility index (Phi) is 4.18. The van der Waals surface area contributed by atoms with Gasteiger partial charge in [0.15, 0.2) is 0 Å². The van der Waals surface area contributed by atoms with Crippen molar-refractivity contribution in [2.24, 2.45) is 0 Å². The minimum absolute atomic E-state index is 0.0249. The first kappa shape index (κ1) is 14.9. The fourth-order valence-electron chi connectivity index (χ4n) is 1.69. The normalized spacial score (nSPS) is 10.2. The Bertz CT molecular complexity index is 737. The Labute approximate surface area is 127 Å². The van der Waals surface area contributed by atoms with E-state index in [2.05, 4.69) is 21.2 Å². The predicted octanol–water partition coefficient (Wildman–Crippen LogP) is 3.33. The number of nitrogen functional groups attached to an aromatic ring is 1. The summed E-state index contributed by atoms with van der Waals surface area (Å²) in [6.45, 7) is 0. The number of anilines is 2. The van der Waals surface area contributed by atoms with E-state index >= 15 is 0 Å². The van der Waals surface area contributed by atoms with E-state index in [9.17, 15) is 19.3 Å². The van der Waals surface area contributed by atoms with Crippen LogP contribution in [0.1, 0.15) is 10.4 Å². The molecule has 0 saturated carbocycles. The van der Waals surface area contributed by atoms with Crippen molar-refractivity contribution in [1.29, 1.82) is 0 Å². The highest BCUT2D eigenvalue weighted by molar-refractivity contribution is 9.10. The monoisotopic (exact) mass is 353 g/mol. The van der Waals surface area contributed by atoms with E-state index in [0.29, 0.717) is 4.47 Å². The molecular formula is C13H9BrFN3O3. The number of hydrogen-bond acceptors (Lipinski definition) is 4. The topological polar surface area (TPSA) is 98.3 Å². The van der Waals surface area contributed by atoms with Gasteiger partial charge in [0, 0.05) is 16.2 Å². The van der Waals surface area contributed by atoms with Crippen molar-refractivity contribution in [3.8, 4) is 0 Å². The summed E-state index contributed by atoms with van der Waals surface area (Å²) in [5.74, 6) is -1.23. The number of nitrogens with one attached hydrogen (secondary N) is 1. The fraction of sp³-hybridized carbons (Fsp3) is 0. The van der Waals surface area contributed by atoms with E-state index < -0.39 is 16.6 Å². The second-order valence-corrected chi connectivity index (χ2v) is 5.02. The lowest BCUT2D eigenvalue weighted by atomic mass is 10.1. The van der Waals surface area contributed by atoms with Crippen LogP contribution in [0.2, 0.25) is 0 Å². The molecule has 3 N–H and O–H groups in total. The lowest BCUT2D eigenvalue weighted by molar-refractivity contribution is -0.384. The number of amides is 1. The lowest BCUT2D eigenvalue weighted by Crippen LogP contribution is -2.15. The van der Waals surface area contributed by atoms with Gasteiger partial charge in [-0.05, 0) is 30.3 Å². The number of carbonyl (C=O) groups excluding carboxylic acids is 1. The first-order chi connectivity index (χ1) is 9.88. The Hall–Kier alpha value is -2.48. The molecule has 0 aliphatic heterocycles. The Morgan fingerprint density at radius 1 is 1.29 bits per heavy atom. The fourth-order valence-corrected chi connectivity index (χ4v) is 2.04. The standard InChI is InChI=1S/C13H9BrFN3O3/c14-7-1-4-11(12(5-7)18(20)21)17-13(19)9-3-2-8(15)6-10(9)16/h1-6H,16H2,(H,17,19). The molecule has 21 heavy (non-hydrogen) atoms. The molecule has 0 saturated heterocycles. The van der Waals surface area contributed by atoms with Crippen LogP contribution in [0, 0.1) is 15.9 Å². The van der Waals surface area contributed by atoms with Crippen molar-refractivity contribution in [2.75, 3.05) is 11.1 Å². The maximum Gasteiger partial charge on any atom is 0.293 e. The summed E-state index contributed by atoms with van der Waals surface area (Å²) >= 11 is 3.12. The molecule has 2 aromatic carbocycles. The van der Waals surface area contributed by atoms with Gasteiger partial charge in [0.1, 0.15) is 11.5 Å². The summed E-state index contributed by atoms with van der Waals surface area (Å²) in [6, 6.07) is 7.51. The summed E-state index contributed by atoms with van der Waals surface area (Å²) in [5, 5.41) is 13.4. The molecule has 0 fully saturated rings. The molecule has 0 bridgehead atoms. The van der Waals surface area contributed by atoms with Gasteiger partial charge in [0.2, 0.25) is 0 Å². The van der Waals surface area contributed by atoms with Crippen molar-refractivity contribution >= 4 is 38.9 Å². The highest BCUT2D eigenvalue weighted by Gasteiger charge is 2.18. The van der Waals surface area contributed by atoms with Gasteiger partial charge in [0.25, 0.3) is 11.6 Å². The molecule has 1 amide bonds. The van der Waals surface area contributed by atoms with E-state index in [1.807, 2.05) is 0 Å². The summed E-state index contributed by atoms with van der Waals surface area (Å²) in [6.07, 6.45) is 0. The third-order valence-corrected chi connectivity index (χ3v) is 3.16. The summed E-state index contributed by atoms with van der Waals surface area (Å²) in [5.41, 5.74) is 5.30. The number of hydrogen-bond donors (Lipinski definition) is 2. The van der Waals surface area contributed by atoms with Gasteiger partial charge in [-0.2, -0.15) is 0 Å². The van der Waals surface area contributed by atoms with E-state index in [1.54, 1.807) is 6.07 Å². The number of nitro groups is 1. The molecule has 0 radical (unpaired) electrons. The van der Waals surface area contributed by atoms with Crippen molar-refractivity contribution in [2.45, 2.75) is 0 Å². The largest absolute Gasteiger partial charge is 0.398 e. The highest BCUT2D eigenvalue weighted by atomic mass is 79.9. The SMILES string of the molecule is Nc1cc(F)ccc1C(=O)Nc1ccc(Br)cc1[N+](=O)[O-]. The average Bonchev–Trinajstić information content (AvgIpc) is 2.40. The average molecular weight is 354 g/mol. The number of benzene rings is 2. The molecule has 108 valence electrons. The smallest absolute Gasteiger partial charge is 0.293 e. The third-order valence-electron chi connectivity index (χ3n) is 2.66. The molecule has 8 heteroatoms. The maximum absolute atomic E-state index is 12.9. The molecule has 2 aromatic rings. The number of nitro benzene ring substituents is 1. The van der Waals surface area contributed by atoms with Gasteiger partial charge >= 0.3 is 0 Å². The van der Waals surface area contributed by atoms with E-state index in [-0.39, 0.29) is 22.6 Å². The number of rotatable bonds is 3. The summed E-state index contributed by atoms with van der Waals surface area (Å²) < 4.78 is 13.5. The Morgan fingerprint density at radius 2 is 2.00 bits per heavy atom. The number of nitrogens with zero attached hydrogens (tertiary/aromatic N) is 1. The zero-order valence-electron chi connectivity index (χ0n) is 10.5. The zero-order chi connectivity index (χ0) is 15.6. The van der Waals surface area contributed by atoms with Crippen molar-refractivity contribution in [3.63, 3.8) is 0 Å². The molecule has 2 rings (SSSR count). The van der Waals surface area contributed by atoms with Crippen LogP contribution in [0.15, 0.2) is 40.9 Å². The van der Waals surface area contributed by atoms with Crippen molar-refractivity contribution < 1.29 is 14.1 Å². The van der Waals surface area contributed by atoms with Crippen LogP contribution in [-0.4, -0.2) is 10.8 Å². The van der Waals surface area contributed by atoms with E-state index in [1.165, 1.54) is 18.2 Å². The Morgan fingerprint density at radius 3 is 2.62 bits per heavy atom. The van der Waals surface area contributed by atoms with Gasteiger partial charge in [-0.3, -0.25) is 14.9 Å². The molecular weight excluding hydrogens is 345 g/mol. The van der Waals surface area contributed by atoms with Gasteiger partial charge < -0.3 is 11.1 Å². The first-order valence-electron chi connectivity index (χ1n) is 5.69. The van der Waals surface area contributed by atoms with Crippen LogP contribution in [0.4, 0.5) is 21.5 Å². The molecule has 0 unspecified atom stereocenters. The van der Waals surface area contributed by atoms with Crippen molar-refractivity contribution in [3.05, 3.63) is 62.4 Å². The lowest BCUT2D eigenvalue weighted by Gasteiger charge is -2.08. The van der Waals surface area contributed by atoms with Crippen molar-refractivity contribution in [1.82, 2.24) is 0 Å². The van der Waals surface area contributed by atoms with Crippen LogP contribution >= 0.6 is 15.9 Å². The van der Waals surface area contributed by atoms with Gasteiger partial charge in [0.05, 0.1) is 10.5 Å². The molecule has 0 aliphatic rings. The zero-order valence-corrected chi connectivity index (χ0v) is 12.1. The second-order valence-electron chi connectivity index (χ2n) is 4.10. The van der Waals surface area contributed by atoms with E-state index in [0.717, 1.165) is 12.1 Å². The molecule has 0 aliphatic carbocycles. The minimum Gasteiger partial charge on any atom is -0.398 e. The predicted molar refractivity (Wildman–Crippen MR) is 79.6 cm³/mol. The molecule has 0 heterocycles. The van der Waals surface area contributed by atoms with E-state index in [4.69, 9.17) is 5.73 Å². The quantitative estimate of drug-likeness (QED) is 0.502. The van der Waals surface area contributed by atoms with Crippen LogP contribution < -0.4 is 11.1 Å². The molecule has 0 aromatic heterocycles. The highest BCUT2D eigenvalue weighted by Crippen LogP contribution is 2.28. The minimum atomic E-state index is -0.655. The van der Waals surface area contributed by atoms with Crippen LogP contribution in [-0.2, 0) is 0 Å². The number of carbonyl (C=O) groups is 1. The number of halogens is 2. The van der Waals surface area contributed by atoms with Gasteiger partial charge in [-0.15, -0.1) is 0 Å². The summed E-state index contributed by atoms with van der Waals surface area (Å²) in [4.78, 5) is 22.4. The van der Waals surface area contributed by atoms with Crippen LogP contribution in [0.25, 0.3) is 0 Å². The third kappa shape index (κ3) is 3.34. The maximum atomic E-state index is 12.9. The van der Waals surface area contributed by atoms with Gasteiger partial charge in [-0.1, -0.05) is 15.9 Å². The summed E-state index contributed by atoms with van der Waals surface area (Å²) in [7, 11) is 0. The second kappa shape index (κ2) is 5.88. The molecule has 6 nitrogen and oxygen atoms in total. The van der Waals surface area contributed by atoms with Crippen LogP contribution in [0.3, 0.4) is 0 Å². The van der Waals surface area contributed by atoms with Crippen LogP contribution in [0.5, 0.6) is 0 Å². The molecule has 0 atom stereocenters. The molecule has 0 spiro atoms.